The molecule has 0 spiro atoms. The fourth-order valence-electron chi connectivity index (χ4n) is 1.87. The third-order valence-electron chi connectivity index (χ3n) is 3.07. The third kappa shape index (κ3) is 3.11. The van der Waals surface area contributed by atoms with Crippen LogP contribution in [0, 0.1) is 6.92 Å². The summed E-state index contributed by atoms with van der Waals surface area (Å²) < 4.78 is 7.61. The van der Waals surface area contributed by atoms with Crippen molar-refractivity contribution in [1.29, 1.82) is 0 Å². The minimum absolute atomic E-state index is 0.477. The number of hydrogen-bond acceptors (Lipinski definition) is 5. The second-order valence-electron chi connectivity index (χ2n) is 4.56. The number of hydrogen-bond donors (Lipinski definition) is 1. The summed E-state index contributed by atoms with van der Waals surface area (Å²) in [5.74, 6) is 0.574. The Kier molecular flexibility index (Phi) is 3.96. The highest BCUT2D eigenvalue weighted by atomic mass is 32.2. The molecule has 1 aliphatic rings. The highest BCUT2D eigenvalue weighted by molar-refractivity contribution is 7.99. The summed E-state index contributed by atoms with van der Waals surface area (Å²) in [7, 11) is 1.91. The first kappa shape index (κ1) is 13.8. The number of nitrogens with one attached hydrogen (secondary N) is 1. The van der Waals surface area contributed by atoms with Crippen LogP contribution in [-0.4, -0.2) is 22.3 Å². The molecule has 0 saturated heterocycles. The topological polar surface area (TPSA) is 51.4 Å². The molecule has 0 radical (unpaired) electrons. The van der Waals surface area contributed by atoms with Crippen molar-refractivity contribution in [2.75, 3.05) is 6.54 Å². The summed E-state index contributed by atoms with van der Waals surface area (Å²) in [6.07, 6.45) is 3.65. The second-order valence-corrected chi connectivity index (χ2v) is 5.64. The van der Waals surface area contributed by atoms with Crippen LogP contribution in [0.15, 0.2) is 57.4 Å². The van der Waals surface area contributed by atoms with Crippen molar-refractivity contribution in [2.24, 2.45) is 12.0 Å². The lowest BCUT2D eigenvalue weighted by molar-refractivity contribution is 0.479. The summed E-state index contributed by atoms with van der Waals surface area (Å²) in [6, 6.07) is 10.7. The van der Waals surface area contributed by atoms with E-state index in [-0.39, 0.29) is 0 Å². The number of aliphatic imine (C=N–C) groups is 1. The molecule has 1 N–H and O–H groups in total. The maximum atomic E-state index is 5.80. The van der Waals surface area contributed by atoms with Crippen molar-refractivity contribution in [1.82, 2.24) is 15.1 Å². The van der Waals surface area contributed by atoms with Gasteiger partial charge >= 0.3 is 0 Å². The Morgan fingerprint density at radius 2 is 2.10 bits per heavy atom. The minimum Gasteiger partial charge on any atom is -0.404 e. The Hall–Kier alpha value is -2.21. The van der Waals surface area contributed by atoms with E-state index in [9.17, 15) is 0 Å². The molecule has 0 saturated carbocycles. The van der Waals surface area contributed by atoms with Gasteiger partial charge in [-0.05, 0) is 25.1 Å². The van der Waals surface area contributed by atoms with E-state index >= 15 is 0 Å². The van der Waals surface area contributed by atoms with E-state index in [1.165, 1.54) is 0 Å². The van der Waals surface area contributed by atoms with Crippen LogP contribution in [-0.2, 0) is 7.05 Å². The van der Waals surface area contributed by atoms with Gasteiger partial charge < -0.3 is 10.1 Å². The van der Waals surface area contributed by atoms with Gasteiger partial charge in [0.2, 0.25) is 0 Å². The number of nitrogens with zero attached hydrogens (tertiary/aromatic N) is 3. The third-order valence-corrected chi connectivity index (χ3v) is 4.26. The lowest BCUT2D eigenvalue weighted by atomic mass is 10.4. The lowest BCUT2D eigenvalue weighted by Crippen LogP contribution is -2.30. The average molecular weight is 300 g/mol. The molecule has 2 heterocycles. The molecule has 0 aliphatic carbocycles. The molecule has 5 nitrogen and oxygen atoms in total. The number of benzene rings is 1. The quantitative estimate of drug-likeness (QED) is 0.947. The standard InChI is InChI=1S/C15H16N4OS/c1-11-13(21-12-7-4-3-5-8-12)14(18-19(11)2)20-15-16-9-6-10-17-15/h3-9H,10H2,1-2H3,(H,16,17). The first-order valence-corrected chi connectivity index (χ1v) is 7.47. The molecule has 1 aromatic heterocycles. The molecule has 1 aliphatic heterocycles. The van der Waals surface area contributed by atoms with Gasteiger partial charge in [-0.3, -0.25) is 4.68 Å². The van der Waals surface area contributed by atoms with Gasteiger partial charge in [0, 0.05) is 24.7 Å². The zero-order valence-electron chi connectivity index (χ0n) is 11.9. The SMILES string of the molecule is Cc1c(Sc2ccccc2)c(OC2=NC=CCN2)nn1C. The van der Waals surface area contributed by atoms with E-state index in [1.807, 2.05) is 42.9 Å². The largest absolute Gasteiger partial charge is 0.404 e. The van der Waals surface area contributed by atoms with Crippen LogP contribution in [0.2, 0.25) is 0 Å². The molecule has 1 aromatic carbocycles. The van der Waals surface area contributed by atoms with Gasteiger partial charge in [0.25, 0.3) is 11.9 Å². The Bertz CT molecular complexity index is 691. The van der Waals surface area contributed by atoms with Crippen molar-refractivity contribution in [2.45, 2.75) is 16.7 Å². The Morgan fingerprint density at radius 1 is 1.29 bits per heavy atom. The summed E-state index contributed by atoms with van der Waals surface area (Å²) >= 11 is 1.64. The van der Waals surface area contributed by atoms with Crippen LogP contribution in [0.1, 0.15) is 5.69 Å². The molecule has 0 atom stereocenters. The molecular formula is C15H16N4OS. The van der Waals surface area contributed by atoms with Gasteiger partial charge in [-0.2, -0.15) is 0 Å². The van der Waals surface area contributed by atoms with Crippen molar-refractivity contribution in [3.63, 3.8) is 0 Å². The van der Waals surface area contributed by atoms with Gasteiger partial charge in [0.15, 0.2) is 0 Å². The number of amidine groups is 1. The number of ether oxygens (including phenoxy) is 1. The predicted molar refractivity (Wildman–Crippen MR) is 83.7 cm³/mol. The highest BCUT2D eigenvalue weighted by Gasteiger charge is 2.18. The van der Waals surface area contributed by atoms with Crippen LogP contribution in [0.25, 0.3) is 0 Å². The molecule has 0 fully saturated rings. The fourth-order valence-corrected chi connectivity index (χ4v) is 2.85. The zero-order chi connectivity index (χ0) is 14.7. The average Bonchev–Trinajstić information content (AvgIpc) is 2.77. The molecule has 108 valence electrons. The van der Waals surface area contributed by atoms with E-state index in [0.29, 0.717) is 18.4 Å². The van der Waals surface area contributed by atoms with E-state index in [0.717, 1.165) is 15.5 Å². The maximum absolute atomic E-state index is 5.80. The van der Waals surface area contributed by atoms with E-state index < -0.39 is 0 Å². The first-order chi connectivity index (χ1) is 10.2. The van der Waals surface area contributed by atoms with Crippen molar-refractivity contribution >= 4 is 17.8 Å². The second kappa shape index (κ2) is 6.05. The van der Waals surface area contributed by atoms with Crippen LogP contribution in [0.4, 0.5) is 0 Å². The molecule has 0 unspecified atom stereocenters. The smallest absolute Gasteiger partial charge is 0.296 e. The van der Waals surface area contributed by atoms with Crippen molar-refractivity contribution < 1.29 is 4.74 Å². The Morgan fingerprint density at radius 3 is 2.81 bits per heavy atom. The van der Waals surface area contributed by atoms with Crippen LogP contribution < -0.4 is 10.1 Å². The van der Waals surface area contributed by atoms with Crippen LogP contribution in [0.3, 0.4) is 0 Å². The normalized spacial score (nSPS) is 13.7. The molecule has 0 amide bonds. The number of rotatable bonds is 3. The van der Waals surface area contributed by atoms with Gasteiger partial charge in [0.05, 0.1) is 10.6 Å². The summed E-state index contributed by atoms with van der Waals surface area (Å²) in [4.78, 5) is 6.31. The first-order valence-electron chi connectivity index (χ1n) is 6.65. The molecule has 0 bridgehead atoms. The van der Waals surface area contributed by atoms with E-state index in [2.05, 4.69) is 27.5 Å². The van der Waals surface area contributed by atoms with E-state index in [4.69, 9.17) is 4.74 Å². The van der Waals surface area contributed by atoms with E-state index in [1.54, 1.807) is 18.0 Å². The number of aromatic nitrogens is 2. The van der Waals surface area contributed by atoms with Crippen molar-refractivity contribution in [3.8, 4) is 5.88 Å². The predicted octanol–water partition coefficient (Wildman–Crippen LogP) is 2.73. The molecular weight excluding hydrogens is 284 g/mol. The molecule has 2 aromatic rings. The Balaban J connectivity index is 1.88. The zero-order valence-corrected chi connectivity index (χ0v) is 12.7. The lowest BCUT2D eigenvalue weighted by Gasteiger charge is -2.10. The summed E-state index contributed by atoms with van der Waals surface area (Å²) in [5, 5.41) is 7.50. The van der Waals surface area contributed by atoms with Gasteiger partial charge in [0.1, 0.15) is 0 Å². The number of aryl methyl sites for hydroxylation is 1. The van der Waals surface area contributed by atoms with Gasteiger partial charge in [-0.25, -0.2) is 4.99 Å². The molecule has 3 rings (SSSR count). The molecule has 6 heteroatoms. The van der Waals surface area contributed by atoms with Crippen LogP contribution in [0.5, 0.6) is 5.88 Å². The monoisotopic (exact) mass is 300 g/mol. The van der Waals surface area contributed by atoms with Gasteiger partial charge in [-0.1, -0.05) is 30.0 Å². The van der Waals surface area contributed by atoms with Gasteiger partial charge in [-0.15, -0.1) is 5.10 Å². The maximum Gasteiger partial charge on any atom is 0.296 e. The minimum atomic E-state index is 0.477. The molecule has 21 heavy (non-hydrogen) atoms. The van der Waals surface area contributed by atoms with Crippen molar-refractivity contribution in [3.05, 3.63) is 48.3 Å². The van der Waals surface area contributed by atoms with Crippen LogP contribution >= 0.6 is 11.8 Å². The summed E-state index contributed by atoms with van der Waals surface area (Å²) in [6.45, 7) is 2.74. The summed E-state index contributed by atoms with van der Waals surface area (Å²) in [5.41, 5.74) is 1.06. The fraction of sp³-hybridized carbons (Fsp3) is 0.200. The Labute approximate surface area is 127 Å². The highest BCUT2D eigenvalue weighted by Crippen LogP contribution is 2.36.